The van der Waals surface area contributed by atoms with Crippen molar-refractivity contribution in [3.63, 3.8) is 0 Å². The van der Waals surface area contributed by atoms with Crippen molar-refractivity contribution in [3.05, 3.63) is 34.8 Å². The largest absolute Gasteiger partial charge is 0.385 e. The summed E-state index contributed by atoms with van der Waals surface area (Å²) in [7, 11) is 1.93. The molecular formula is C14H20N4OS. The zero-order valence-corrected chi connectivity index (χ0v) is 12.5. The van der Waals surface area contributed by atoms with Gasteiger partial charge in [0.25, 0.3) is 0 Å². The van der Waals surface area contributed by atoms with Crippen LogP contribution in [0.4, 0.5) is 0 Å². The number of aliphatic hydroxyl groups is 1. The molecule has 0 radical (unpaired) electrons. The third-order valence-electron chi connectivity index (χ3n) is 3.98. The molecule has 0 aromatic carbocycles. The zero-order valence-electron chi connectivity index (χ0n) is 11.6. The summed E-state index contributed by atoms with van der Waals surface area (Å²) in [5.41, 5.74) is 3.00. The van der Waals surface area contributed by atoms with Gasteiger partial charge in [0, 0.05) is 43.8 Å². The first-order valence-electron chi connectivity index (χ1n) is 6.98. The molecule has 6 heteroatoms. The Hall–Kier alpha value is -1.24. The van der Waals surface area contributed by atoms with Gasteiger partial charge in [0.1, 0.15) is 11.9 Å². The van der Waals surface area contributed by atoms with Gasteiger partial charge >= 0.3 is 0 Å². The minimum absolute atomic E-state index is 0.253. The molecule has 2 aromatic heterocycles. The number of rotatable bonds is 4. The molecule has 0 spiro atoms. The van der Waals surface area contributed by atoms with E-state index < -0.39 is 6.10 Å². The van der Waals surface area contributed by atoms with Gasteiger partial charge in [0.2, 0.25) is 0 Å². The summed E-state index contributed by atoms with van der Waals surface area (Å²) in [5, 5.41) is 12.6. The van der Waals surface area contributed by atoms with Crippen molar-refractivity contribution in [2.24, 2.45) is 13.0 Å². The Bertz CT molecular complexity index is 539. The number of hydrogen-bond acceptors (Lipinski definition) is 5. The number of imidazole rings is 1. The summed E-state index contributed by atoms with van der Waals surface area (Å²) in [6, 6.07) is 0. The normalized spacial score (nSPS) is 22.0. The molecule has 1 aliphatic rings. The fraction of sp³-hybridized carbons (Fsp3) is 0.571. The van der Waals surface area contributed by atoms with Crippen LogP contribution in [-0.4, -0.2) is 37.6 Å². The highest BCUT2D eigenvalue weighted by Gasteiger charge is 2.29. The van der Waals surface area contributed by atoms with Crippen LogP contribution in [0, 0.1) is 5.92 Å². The highest BCUT2D eigenvalue weighted by atomic mass is 32.1. The van der Waals surface area contributed by atoms with Crippen molar-refractivity contribution in [1.29, 1.82) is 0 Å². The molecule has 2 atom stereocenters. The topological polar surface area (TPSA) is 54.2 Å². The van der Waals surface area contributed by atoms with Crippen LogP contribution in [0.15, 0.2) is 23.3 Å². The Morgan fingerprint density at radius 3 is 3.10 bits per heavy atom. The highest BCUT2D eigenvalue weighted by molar-refractivity contribution is 7.07. The van der Waals surface area contributed by atoms with Crippen LogP contribution in [0.1, 0.15) is 30.5 Å². The molecule has 1 aliphatic heterocycles. The summed E-state index contributed by atoms with van der Waals surface area (Å²) in [5.74, 6) is 1.02. The fourth-order valence-corrected chi connectivity index (χ4v) is 3.46. The standard InChI is InChI=1S/C14H20N4OS/c1-17-6-4-15-14(17)13(19)11-3-2-5-18(7-11)8-12-9-20-10-16-12/h4,6,9-11,13,19H,2-3,5,7-8H2,1H3. The van der Waals surface area contributed by atoms with Crippen LogP contribution >= 0.6 is 11.3 Å². The van der Waals surface area contributed by atoms with Crippen LogP contribution in [0.25, 0.3) is 0 Å². The number of piperidine rings is 1. The summed E-state index contributed by atoms with van der Waals surface area (Å²) in [6.45, 7) is 2.88. The summed E-state index contributed by atoms with van der Waals surface area (Å²) in [4.78, 5) is 11.0. The first-order chi connectivity index (χ1) is 9.74. The molecule has 0 bridgehead atoms. The molecule has 5 nitrogen and oxygen atoms in total. The number of nitrogens with zero attached hydrogens (tertiary/aromatic N) is 4. The first kappa shape index (κ1) is 13.7. The number of likely N-dealkylation sites (tertiary alicyclic amines) is 1. The maximum atomic E-state index is 10.5. The van der Waals surface area contributed by atoms with Gasteiger partial charge in [0.05, 0.1) is 11.2 Å². The van der Waals surface area contributed by atoms with Crippen LogP contribution in [0.3, 0.4) is 0 Å². The average Bonchev–Trinajstić information content (AvgIpc) is 3.10. The second kappa shape index (κ2) is 6.03. The zero-order chi connectivity index (χ0) is 13.9. The minimum Gasteiger partial charge on any atom is -0.385 e. The molecule has 3 heterocycles. The number of aromatic nitrogens is 3. The van der Waals surface area contributed by atoms with Crippen molar-refractivity contribution in [2.75, 3.05) is 13.1 Å². The van der Waals surface area contributed by atoms with Gasteiger partial charge in [0.15, 0.2) is 0 Å². The van der Waals surface area contributed by atoms with E-state index in [0.29, 0.717) is 0 Å². The quantitative estimate of drug-likeness (QED) is 0.934. The number of hydrogen-bond donors (Lipinski definition) is 1. The van der Waals surface area contributed by atoms with Gasteiger partial charge in [-0.05, 0) is 19.4 Å². The number of aliphatic hydroxyl groups excluding tert-OH is 1. The van der Waals surface area contributed by atoms with Gasteiger partial charge in [-0.25, -0.2) is 9.97 Å². The Morgan fingerprint density at radius 1 is 1.50 bits per heavy atom. The summed E-state index contributed by atoms with van der Waals surface area (Å²) >= 11 is 1.63. The second-order valence-electron chi connectivity index (χ2n) is 5.46. The molecular weight excluding hydrogens is 272 g/mol. The molecule has 0 saturated carbocycles. The van der Waals surface area contributed by atoms with Crippen LogP contribution in [0.2, 0.25) is 0 Å². The molecule has 20 heavy (non-hydrogen) atoms. The van der Waals surface area contributed by atoms with E-state index in [2.05, 4.69) is 20.2 Å². The SMILES string of the molecule is Cn1ccnc1C(O)C1CCCN(Cc2cscn2)C1. The summed E-state index contributed by atoms with van der Waals surface area (Å²) < 4.78 is 1.91. The molecule has 1 fully saturated rings. The van der Waals surface area contributed by atoms with Crippen LogP contribution < -0.4 is 0 Å². The Balaban J connectivity index is 1.64. The molecule has 1 N–H and O–H groups in total. The van der Waals surface area contributed by atoms with Crippen molar-refractivity contribution in [2.45, 2.75) is 25.5 Å². The van der Waals surface area contributed by atoms with E-state index in [1.807, 2.05) is 23.3 Å². The van der Waals surface area contributed by atoms with Gasteiger partial charge in [-0.1, -0.05) is 0 Å². The third kappa shape index (κ3) is 2.92. The van der Waals surface area contributed by atoms with E-state index in [4.69, 9.17) is 0 Å². The predicted molar refractivity (Wildman–Crippen MR) is 78.3 cm³/mol. The maximum absolute atomic E-state index is 10.5. The average molecular weight is 292 g/mol. The lowest BCUT2D eigenvalue weighted by molar-refractivity contribution is 0.0401. The third-order valence-corrected chi connectivity index (χ3v) is 4.62. The van der Waals surface area contributed by atoms with Gasteiger partial charge in [-0.3, -0.25) is 4.90 Å². The molecule has 108 valence electrons. The van der Waals surface area contributed by atoms with Crippen LogP contribution in [0.5, 0.6) is 0 Å². The van der Waals surface area contributed by atoms with Gasteiger partial charge in [-0.2, -0.15) is 0 Å². The lowest BCUT2D eigenvalue weighted by Crippen LogP contribution is -2.38. The van der Waals surface area contributed by atoms with E-state index in [-0.39, 0.29) is 5.92 Å². The van der Waals surface area contributed by atoms with Gasteiger partial charge < -0.3 is 9.67 Å². The Labute approximate surface area is 122 Å². The number of aryl methyl sites for hydroxylation is 1. The fourth-order valence-electron chi connectivity index (χ4n) is 2.91. The van der Waals surface area contributed by atoms with Crippen molar-refractivity contribution in [1.82, 2.24) is 19.4 Å². The smallest absolute Gasteiger partial charge is 0.137 e. The molecule has 0 amide bonds. The lowest BCUT2D eigenvalue weighted by atomic mass is 9.92. The molecule has 3 rings (SSSR count). The van der Waals surface area contributed by atoms with Crippen molar-refractivity contribution in [3.8, 4) is 0 Å². The first-order valence-corrected chi connectivity index (χ1v) is 7.93. The molecule has 0 aliphatic carbocycles. The monoisotopic (exact) mass is 292 g/mol. The van der Waals surface area contributed by atoms with E-state index in [1.54, 1.807) is 17.5 Å². The minimum atomic E-state index is -0.478. The van der Waals surface area contributed by atoms with E-state index in [9.17, 15) is 5.11 Å². The Morgan fingerprint density at radius 2 is 2.40 bits per heavy atom. The lowest BCUT2D eigenvalue weighted by Gasteiger charge is -2.34. The van der Waals surface area contributed by atoms with Crippen LogP contribution in [-0.2, 0) is 13.6 Å². The predicted octanol–water partition coefficient (Wildman–Crippen LogP) is 1.82. The van der Waals surface area contributed by atoms with E-state index >= 15 is 0 Å². The number of thiazole rings is 1. The van der Waals surface area contributed by atoms with E-state index in [0.717, 1.165) is 44.0 Å². The maximum Gasteiger partial charge on any atom is 0.137 e. The molecule has 1 saturated heterocycles. The second-order valence-corrected chi connectivity index (χ2v) is 6.18. The molecule has 2 unspecified atom stereocenters. The van der Waals surface area contributed by atoms with Crippen molar-refractivity contribution < 1.29 is 5.11 Å². The highest BCUT2D eigenvalue weighted by Crippen LogP contribution is 2.29. The Kier molecular flexibility index (Phi) is 4.14. The molecule has 2 aromatic rings. The van der Waals surface area contributed by atoms with E-state index in [1.165, 1.54) is 0 Å². The summed E-state index contributed by atoms with van der Waals surface area (Å²) in [6.07, 6.45) is 5.33. The van der Waals surface area contributed by atoms with Crippen molar-refractivity contribution >= 4 is 11.3 Å². The van der Waals surface area contributed by atoms with Gasteiger partial charge in [-0.15, -0.1) is 11.3 Å².